The highest BCUT2D eigenvalue weighted by Gasteiger charge is 2.15. The molecule has 0 unspecified atom stereocenters. The Balaban J connectivity index is 2.06. The molecule has 0 amide bonds. The molecule has 0 atom stereocenters. The first kappa shape index (κ1) is 16.4. The van der Waals surface area contributed by atoms with Gasteiger partial charge in [0.2, 0.25) is 0 Å². The molecule has 24 heavy (non-hydrogen) atoms. The van der Waals surface area contributed by atoms with Crippen molar-refractivity contribution in [3.63, 3.8) is 0 Å². The molecule has 0 saturated carbocycles. The van der Waals surface area contributed by atoms with Gasteiger partial charge in [0, 0.05) is 0 Å². The highest BCUT2D eigenvalue weighted by molar-refractivity contribution is 6.42. The fourth-order valence-corrected chi connectivity index (χ4v) is 2.63. The van der Waals surface area contributed by atoms with Crippen molar-refractivity contribution >= 4 is 40.3 Å². The first-order chi connectivity index (χ1) is 11.5. The summed E-state index contributed by atoms with van der Waals surface area (Å²) >= 11 is 11.9. The fraction of sp³-hybridized carbons (Fsp3) is 0.125. The smallest absolute Gasteiger partial charge is 0.420 e. The average Bonchev–Trinajstić information content (AvgIpc) is 2.85. The predicted octanol–water partition coefficient (Wildman–Crippen LogP) is 3.41. The maximum atomic E-state index is 12.2. The van der Waals surface area contributed by atoms with Gasteiger partial charge < -0.3 is 14.3 Å². The summed E-state index contributed by atoms with van der Waals surface area (Å²) < 4.78 is 11.8. The lowest BCUT2D eigenvalue weighted by molar-refractivity contribution is -0.139. The quantitative estimate of drug-likeness (QED) is 0.746. The van der Waals surface area contributed by atoms with Gasteiger partial charge in [-0.1, -0.05) is 35.3 Å². The standard InChI is InChI=1S/C16H11Cl2NO5/c17-10-5-4-9(6-11(10)18)7-19-15-12(23-8-14(20)21)2-1-3-13(15)24-16(19)22/h1-6H,7-8H2,(H,20,21). The Labute approximate surface area is 145 Å². The Kier molecular flexibility index (Phi) is 4.51. The number of carboxylic acids is 1. The minimum atomic E-state index is -1.12. The van der Waals surface area contributed by atoms with E-state index in [4.69, 9.17) is 37.5 Å². The summed E-state index contributed by atoms with van der Waals surface area (Å²) in [7, 11) is 0. The van der Waals surface area contributed by atoms with Gasteiger partial charge in [-0.3, -0.25) is 4.57 Å². The molecular weight excluding hydrogens is 357 g/mol. The summed E-state index contributed by atoms with van der Waals surface area (Å²) in [5.74, 6) is -1.45. The second-order valence-corrected chi connectivity index (χ2v) is 5.80. The van der Waals surface area contributed by atoms with E-state index in [0.717, 1.165) is 5.56 Å². The van der Waals surface area contributed by atoms with Crippen LogP contribution in [0.1, 0.15) is 5.56 Å². The lowest BCUT2D eigenvalue weighted by Gasteiger charge is -2.08. The highest BCUT2D eigenvalue weighted by atomic mass is 35.5. The first-order valence-electron chi connectivity index (χ1n) is 6.86. The van der Waals surface area contributed by atoms with Gasteiger partial charge in [-0.2, -0.15) is 0 Å². The molecule has 1 heterocycles. The molecule has 0 saturated heterocycles. The number of rotatable bonds is 5. The van der Waals surface area contributed by atoms with E-state index in [9.17, 15) is 9.59 Å². The Hall–Kier alpha value is -2.44. The number of carboxylic acid groups (broad SMARTS) is 1. The van der Waals surface area contributed by atoms with Gasteiger partial charge in [-0.15, -0.1) is 0 Å². The van der Waals surface area contributed by atoms with Crippen molar-refractivity contribution in [2.24, 2.45) is 0 Å². The SMILES string of the molecule is O=C(O)COc1cccc2oc(=O)n(Cc3ccc(Cl)c(Cl)c3)c12. The third-order valence-corrected chi connectivity index (χ3v) is 4.06. The lowest BCUT2D eigenvalue weighted by Crippen LogP contribution is -2.16. The number of hydrogen-bond acceptors (Lipinski definition) is 4. The van der Waals surface area contributed by atoms with Crippen molar-refractivity contribution in [3.05, 3.63) is 62.6 Å². The van der Waals surface area contributed by atoms with Gasteiger partial charge in [0.1, 0.15) is 11.3 Å². The van der Waals surface area contributed by atoms with Crippen LogP contribution in [0.2, 0.25) is 10.0 Å². The van der Waals surface area contributed by atoms with Gasteiger partial charge in [0.05, 0.1) is 16.6 Å². The summed E-state index contributed by atoms with van der Waals surface area (Å²) in [6, 6.07) is 9.82. The van der Waals surface area contributed by atoms with E-state index in [2.05, 4.69) is 0 Å². The molecule has 3 aromatic rings. The van der Waals surface area contributed by atoms with E-state index in [0.29, 0.717) is 21.1 Å². The normalized spacial score (nSPS) is 10.9. The van der Waals surface area contributed by atoms with E-state index >= 15 is 0 Å². The lowest BCUT2D eigenvalue weighted by atomic mass is 10.2. The summed E-state index contributed by atoms with van der Waals surface area (Å²) in [6.07, 6.45) is 0. The molecule has 3 rings (SSSR count). The van der Waals surface area contributed by atoms with E-state index in [1.54, 1.807) is 36.4 Å². The van der Waals surface area contributed by atoms with Crippen LogP contribution >= 0.6 is 23.2 Å². The zero-order valence-corrected chi connectivity index (χ0v) is 13.7. The number of fused-ring (bicyclic) bond motifs is 1. The molecule has 0 aliphatic heterocycles. The van der Waals surface area contributed by atoms with Gasteiger partial charge in [-0.05, 0) is 29.8 Å². The molecule has 2 aromatic carbocycles. The van der Waals surface area contributed by atoms with Crippen LogP contribution in [0, 0.1) is 0 Å². The zero-order chi connectivity index (χ0) is 17.3. The molecular formula is C16H11Cl2NO5. The molecule has 1 N–H and O–H groups in total. The van der Waals surface area contributed by atoms with Gasteiger partial charge in [0.25, 0.3) is 0 Å². The number of hydrogen-bond donors (Lipinski definition) is 1. The van der Waals surface area contributed by atoms with Gasteiger partial charge in [-0.25, -0.2) is 9.59 Å². The van der Waals surface area contributed by atoms with Crippen LogP contribution < -0.4 is 10.5 Å². The number of nitrogens with zero attached hydrogens (tertiary/aromatic N) is 1. The van der Waals surface area contributed by atoms with Gasteiger partial charge >= 0.3 is 11.7 Å². The first-order valence-corrected chi connectivity index (χ1v) is 7.62. The molecule has 0 aliphatic carbocycles. The maximum Gasteiger partial charge on any atom is 0.420 e. The van der Waals surface area contributed by atoms with Crippen molar-refractivity contribution < 1.29 is 19.1 Å². The molecule has 8 heteroatoms. The minimum absolute atomic E-state index is 0.177. The molecule has 0 fully saturated rings. The molecule has 0 bridgehead atoms. The van der Waals surface area contributed by atoms with E-state index in [1.165, 1.54) is 4.57 Å². The molecule has 0 aliphatic rings. The number of halogens is 2. The number of oxazole rings is 1. The molecule has 0 radical (unpaired) electrons. The minimum Gasteiger partial charge on any atom is -0.480 e. The molecule has 6 nitrogen and oxygen atoms in total. The maximum absolute atomic E-state index is 12.2. The Morgan fingerprint density at radius 2 is 2.00 bits per heavy atom. The van der Waals surface area contributed by atoms with Crippen LogP contribution in [0.3, 0.4) is 0 Å². The Morgan fingerprint density at radius 3 is 2.71 bits per heavy atom. The highest BCUT2D eigenvalue weighted by Crippen LogP contribution is 2.27. The van der Waals surface area contributed by atoms with Crippen LogP contribution in [0.15, 0.2) is 45.6 Å². The zero-order valence-electron chi connectivity index (χ0n) is 12.2. The third-order valence-electron chi connectivity index (χ3n) is 3.33. The van der Waals surface area contributed by atoms with Crippen LogP contribution in [0.25, 0.3) is 11.1 Å². The third kappa shape index (κ3) is 3.25. The number of ether oxygens (including phenoxy) is 1. The summed E-state index contributed by atoms with van der Waals surface area (Å²) in [5.41, 5.74) is 1.43. The topological polar surface area (TPSA) is 81.7 Å². The number of para-hydroxylation sites is 1. The van der Waals surface area contributed by atoms with Crippen molar-refractivity contribution in [2.75, 3.05) is 6.61 Å². The van der Waals surface area contributed by atoms with E-state index in [-0.39, 0.29) is 12.3 Å². The Bertz CT molecular complexity index is 976. The van der Waals surface area contributed by atoms with E-state index in [1.807, 2.05) is 0 Å². The average molecular weight is 368 g/mol. The van der Waals surface area contributed by atoms with Crippen molar-refractivity contribution in [2.45, 2.75) is 6.54 Å². The summed E-state index contributed by atoms with van der Waals surface area (Å²) in [6.45, 7) is -0.346. The molecule has 1 aromatic heterocycles. The van der Waals surface area contributed by atoms with Crippen molar-refractivity contribution in [1.29, 1.82) is 0 Å². The van der Waals surface area contributed by atoms with Crippen molar-refractivity contribution in [1.82, 2.24) is 4.57 Å². The monoisotopic (exact) mass is 367 g/mol. The predicted molar refractivity (Wildman–Crippen MR) is 89.2 cm³/mol. The second-order valence-electron chi connectivity index (χ2n) is 4.99. The van der Waals surface area contributed by atoms with Crippen LogP contribution in [-0.4, -0.2) is 22.2 Å². The number of aromatic nitrogens is 1. The number of carbonyl (C=O) groups is 1. The Morgan fingerprint density at radius 1 is 1.21 bits per heavy atom. The molecule has 124 valence electrons. The van der Waals surface area contributed by atoms with E-state index < -0.39 is 18.3 Å². The van der Waals surface area contributed by atoms with Gasteiger partial charge in [0.15, 0.2) is 12.2 Å². The largest absolute Gasteiger partial charge is 0.480 e. The summed E-state index contributed by atoms with van der Waals surface area (Å²) in [4.78, 5) is 22.9. The summed E-state index contributed by atoms with van der Waals surface area (Å²) in [5, 5.41) is 9.55. The second kappa shape index (κ2) is 6.59. The number of benzene rings is 2. The fourth-order valence-electron chi connectivity index (χ4n) is 2.31. The molecule has 0 spiro atoms. The number of aliphatic carboxylic acids is 1. The van der Waals surface area contributed by atoms with Crippen LogP contribution in [0.5, 0.6) is 5.75 Å². The van der Waals surface area contributed by atoms with Crippen LogP contribution in [-0.2, 0) is 11.3 Å². The van der Waals surface area contributed by atoms with Crippen LogP contribution in [0.4, 0.5) is 0 Å². The van der Waals surface area contributed by atoms with Crippen molar-refractivity contribution in [3.8, 4) is 5.75 Å².